The van der Waals surface area contributed by atoms with Gasteiger partial charge in [0.1, 0.15) is 5.25 Å². The van der Waals surface area contributed by atoms with Crippen molar-refractivity contribution in [2.75, 3.05) is 5.32 Å². The molecule has 0 saturated carbocycles. The zero-order valence-corrected chi connectivity index (χ0v) is 16.1. The van der Waals surface area contributed by atoms with Crippen LogP contribution in [0.15, 0.2) is 64.8 Å². The van der Waals surface area contributed by atoms with E-state index in [2.05, 4.69) is 20.8 Å². The highest BCUT2D eigenvalue weighted by molar-refractivity contribution is 8.15. The third kappa shape index (κ3) is 5.42. The highest BCUT2D eigenvalue weighted by Crippen LogP contribution is 2.23. The van der Waals surface area contributed by atoms with E-state index in [1.165, 1.54) is 11.8 Å². The summed E-state index contributed by atoms with van der Waals surface area (Å²) in [6.45, 7) is 1.82. The minimum absolute atomic E-state index is 0.0598. The lowest BCUT2D eigenvalue weighted by atomic mass is 10.1. The summed E-state index contributed by atoms with van der Waals surface area (Å²) in [6.07, 6.45) is 0.0598. The van der Waals surface area contributed by atoms with E-state index in [1.807, 2.05) is 37.3 Å². The second-order valence-electron chi connectivity index (χ2n) is 5.81. The standard InChI is InChI=1S/C19H17ClN4O2S/c1-12(13-7-9-14(20)10-8-13)23-24-19-22-18(26)16(27-19)11-17(25)21-15-5-3-2-4-6-15/h2-10,16H,11H2,1H3,(H,21,25)(H,22,24,26)/b23-12-/t16-/m1/s1. The number of benzene rings is 2. The Morgan fingerprint density at radius 3 is 2.59 bits per heavy atom. The number of hydrogen-bond acceptors (Lipinski definition) is 5. The van der Waals surface area contributed by atoms with Crippen molar-refractivity contribution < 1.29 is 9.59 Å². The summed E-state index contributed by atoms with van der Waals surface area (Å²) in [5.74, 6) is -0.475. The molecule has 2 amide bonds. The van der Waals surface area contributed by atoms with Gasteiger partial charge in [-0.25, -0.2) is 0 Å². The van der Waals surface area contributed by atoms with E-state index in [0.29, 0.717) is 21.6 Å². The fourth-order valence-corrected chi connectivity index (χ4v) is 3.40. The quantitative estimate of drug-likeness (QED) is 0.593. The summed E-state index contributed by atoms with van der Waals surface area (Å²) in [5.41, 5.74) is 2.28. The van der Waals surface area contributed by atoms with Crippen LogP contribution in [0.1, 0.15) is 18.9 Å². The number of amidine groups is 1. The lowest BCUT2D eigenvalue weighted by molar-refractivity contribution is -0.122. The van der Waals surface area contributed by atoms with Crippen molar-refractivity contribution in [1.29, 1.82) is 0 Å². The Morgan fingerprint density at radius 1 is 1.19 bits per heavy atom. The van der Waals surface area contributed by atoms with Crippen LogP contribution in [-0.2, 0) is 9.59 Å². The molecule has 0 unspecified atom stereocenters. The fourth-order valence-electron chi connectivity index (χ4n) is 2.36. The van der Waals surface area contributed by atoms with Gasteiger partial charge in [-0.05, 0) is 36.8 Å². The minimum atomic E-state index is -0.529. The van der Waals surface area contributed by atoms with Crippen molar-refractivity contribution in [3.05, 3.63) is 65.2 Å². The van der Waals surface area contributed by atoms with E-state index in [9.17, 15) is 9.59 Å². The van der Waals surface area contributed by atoms with Crippen LogP contribution in [0.5, 0.6) is 0 Å². The molecule has 138 valence electrons. The van der Waals surface area contributed by atoms with Gasteiger partial charge in [-0.2, -0.15) is 5.10 Å². The Bertz CT molecular complexity index is 898. The number of nitrogens with one attached hydrogen (secondary N) is 2. The molecule has 8 heteroatoms. The second-order valence-corrected chi connectivity index (χ2v) is 7.44. The van der Waals surface area contributed by atoms with Gasteiger partial charge in [0.15, 0.2) is 5.17 Å². The number of carbonyl (C=O) groups is 2. The number of hydrogen-bond donors (Lipinski definition) is 2. The predicted molar refractivity (Wildman–Crippen MR) is 110 cm³/mol. The molecule has 3 rings (SSSR count). The van der Waals surface area contributed by atoms with E-state index in [0.717, 1.165) is 5.56 Å². The molecule has 0 bridgehead atoms. The molecule has 0 aliphatic carbocycles. The van der Waals surface area contributed by atoms with E-state index in [4.69, 9.17) is 11.6 Å². The first-order valence-corrected chi connectivity index (χ1v) is 9.47. The number of carbonyl (C=O) groups excluding carboxylic acids is 2. The summed E-state index contributed by atoms with van der Waals surface area (Å²) in [4.78, 5) is 24.2. The lowest BCUT2D eigenvalue weighted by Gasteiger charge is -2.06. The number of halogens is 1. The van der Waals surface area contributed by atoms with Crippen LogP contribution in [0.25, 0.3) is 0 Å². The molecule has 1 saturated heterocycles. The van der Waals surface area contributed by atoms with Gasteiger partial charge in [-0.1, -0.05) is 53.7 Å². The van der Waals surface area contributed by atoms with Crippen molar-refractivity contribution in [3.8, 4) is 0 Å². The van der Waals surface area contributed by atoms with Gasteiger partial charge < -0.3 is 10.6 Å². The number of amides is 2. The number of nitrogens with zero attached hydrogens (tertiary/aromatic N) is 2. The zero-order valence-electron chi connectivity index (χ0n) is 14.5. The van der Waals surface area contributed by atoms with E-state index in [1.54, 1.807) is 24.3 Å². The van der Waals surface area contributed by atoms with Crippen LogP contribution in [0.2, 0.25) is 5.02 Å². The van der Waals surface area contributed by atoms with Gasteiger partial charge in [-0.3, -0.25) is 9.59 Å². The molecule has 2 aromatic rings. The van der Waals surface area contributed by atoms with Crippen LogP contribution in [0.4, 0.5) is 5.69 Å². The maximum atomic E-state index is 12.1. The average Bonchev–Trinajstić information content (AvgIpc) is 3.00. The topological polar surface area (TPSA) is 82.9 Å². The highest BCUT2D eigenvalue weighted by Gasteiger charge is 2.32. The monoisotopic (exact) mass is 400 g/mol. The molecule has 0 aromatic heterocycles. The Kier molecular flexibility index (Phi) is 6.26. The molecule has 27 heavy (non-hydrogen) atoms. The molecule has 1 fully saturated rings. The first-order chi connectivity index (χ1) is 13.0. The number of anilines is 1. The Balaban J connectivity index is 1.59. The van der Waals surface area contributed by atoms with Crippen molar-refractivity contribution in [1.82, 2.24) is 5.32 Å². The van der Waals surface area contributed by atoms with Crippen LogP contribution in [0.3, 0.4) is 0 Å². The Hall–Kier alpha value is -2.64. The molecule has 1 aliphatic rings. The van der Waals surface area contributed by atoms with E-state index < -0.39 is 5.25 Å². The maximum Gasteiger partial charge on any atom is 0.240 e. The van der Waals surface area contributed by atoms with Crippen LogP contribution < -0.4 is 10.6 Å². The molecule has 6 nitrogen and oxygen atoms in total. The van der Waals surface area contributed by atoms with Gasteiger partial charge in [-0.15, -0.1) is 5.10 Å². The first kappa shape index (κ1) is 19.1. The van der Waals surface area contributed by atoms with Crippen LogP contribution in [-0.4, -0.2) is 27.9 Å². The molecular weight excluding hydrogens is 384 g/mol. The summed E-state index contributed by atoms with van der Waals surface area (Å²) >= 11 is 7.07. The van der Waals surface area contributed by atoms with Crippen LogP contribution in [0, 0.1) is 0 Å². The molecule has 0 radical (unpaired) electrons. The predicted octanol–water partition coefficient (Wildman–Crippen LogP) is 3.68. The van der Waals surface area contributed by atoms with E-state index in [-0.39, 0.29) is 18.2 Å². The van der Waals surface area contributed by atoms with Gasteiger partial charge in [0.2, 0.25) is 11.8 Å². The maximum absolute atomic E-state index is 12.1. The van der Waals surface area contributed by atoms with Gasteiger partial charge in [0.05, 0.1) is 5.71 Å². The Labute approximate surface area is 166 Å². The normalized spacial score (nSPS) is 18.4. The summed E-state index contributed by atoms with van der Waals surface area (Å²) in [7, 11) is 0. The van der Waals surface area contributed by atoms with Gasteiger partial charge >= 0.3 is 0 Å². The zero-order chi connectivity index (χ0) is 19.2. The average molecular weight is 401 g/mol. The third-order valence-corrected chi connectivity index (χ3v) is 5.08. The molecule has 1 atom stereocenters. The van der Waals surface area contributed by atoms with Crippen molar-refractivity contribution in [3.63, 3.8) is 0 Å². The molecule has 2 aromatic carbocycles. The first-order valence-electron chi connectivity index (χ1n) is 8.22. The van der Waals surface area contributed by atoms with Crippen molar-refractivity contribution in [2.24, 2.45) is 10.2 Å². The summed E-state index contributed by atoms with van der Waals surface area (Å²) in [5, 5.41) is 14.2. The van der Waals surface area contributed by atoms with Crippen molar-refractivity contribution >= 4 is 51.7 Å². The summed E-state index contributed by atoms with van der Waals surface area (Å²) < 4.78 is 0. The molecule has 1 aliphatic heterocycles. The SMILES string of the molecule is C/C(=N/N=C1/NC(=O)[C@@H](CC(=O)Nc2ccccc2)S1)c1ccc(Cl)cc1. The molecule has 2 N–H and O–H groups in total. The largest absolute Gasteiger partial charge is 0.326 e. The second kappa shape index (κ2) is 8.83. The van der Waals surface area contributed by atoms with Crippen molar-refractivity contribution in [2.45, 2.75) is 18.6 Å². The minimum Gasteiger partial charge on any atom is -0.326 e. The van der Waals surface area contributed by atoms with Gasteiger partial charge in [0, 0.05) is 17.1 Å². The van der Waals surface area contributed by atoms with E-state index >= 15 is 0 Å². The fraction of sp³-hybridized carbons (Fsp3) is 0.158. The number of rotatable bonds is 5. The van der Waals surface area contributed by atoms with Gasteiger partial charge in [0.25, 0.3) is 0 Å². The number of para-hydroxylation sites is 1. The smallest absolute Gasteiger partial charge is 0.240 e. The lowest BCUT2D eigenvalue weighted by Crippen LogP contribution is -2.28. The van der Waals surface area contributed by atoms with Crippen LogP contribution >= 0.6 is 23.4 Å². The summed E-state index contributed by atoms with van der Waals surface area (Å²) in [6, 6.07) is 16.4. The molecule has 0 spiro atoms. The number of thioether (sulfide) groups is 1. The Morgan fingerprint density at radius 2 is 1.89 bits per heavy atom. The molecular formula is C19H17ClN4O2S. The molecule has 1 heterocycles. The third-order valence-electron chi connectivity index (χ3n) is 3.76. The highest BCUT2D eigenvalue weighted by atomic mass is 35.5.